The molecule has 0 saturated carbocycles. The molecule has 6 heteroatoms. The molecule has 2 aromatic heterocycles. The number of nitrogens with zero attached hydrogens (tertiary/aromatic N) is 2. The molecule has 3 rings (SSSR count). The lowest BCUT2D eigenvalue weighted by atomic mass is 9.75. The van der Waals surface area contributed by atoms with E-state index in [2.05, 4.69) is 45.2 Å². The van der Waals surface area contributed by atoms with E-state index in [1.165, 1.54) is 12.8 Å². The third kappa shape index (κ3) is 2.69. The van der Waals surface area contributed by atoms with Gasteiger partial charge in [-0.2, -0.15) is 4.98 Å². The minimum atomic E-state index is -0.0901. The average molecular weight is 356 g/mol. The molecule has 1 saturated heterocycles. The van der Waals surface area contributed by atoms with Crippen LogP contribution in [0.25, 0.3) is 10.7 Å². The molecule has 1 N–H and O–H groups in total. The molecule has 4 nitrogen and oxygen atoms in total. The predicted molar refractivity (Wildman–Crippen MR) is 83.9 cm³/mol. The number of rotatable bonds is 3. The Balaban J connectivity index is 1.85. The van der Waals surface area contributed by atoms with Gasteiger partial charge in [0.2, 0.25) is 11.7 Å². The molecular formula is C14H18BrN3OS. The van der Waals surface area contributed by atoms with Crippen LogP contribution in [0, 0.1) is 5.92 Å². The smallest absolute Gasteiger partial charge is 0.232 e. The van der Waals surface area contributed by atoms with E-state index in [1.807, 2.05) is 11.4 Å². The summed E-state index contributed by atoms with van der Waals surface area (Å²) in [5.41, 5.74) is -0.0901. The van der Waals surface area contributed by atoms with Crippen molar-refractivity contribution in [3.8, 4) is 10.7 Å². The lowest BCUT2D eigenvalue weighted by Gasteiger charge is -2.34. The number of hydrogen-bond acceptors (Lipinski definition) is 5. The van der Waals surface area contributed by atoms with Gasteiger partial charge in [0, 0.05) is 15.3 Å². The standard InChI is InChI=1S/C14H18BrN3OS/c1-14(2,9-4-3-5-16-7-9)13-17-12(18-19-13)11-6-10(15)8-20-11/h6,8-9,16H,3-5,7H2,1-2H3. The van der Waals surface area contributed by atoms with Crippen molar-refractivity contribution in [1.82, 2.24) is 15.5 Å². The molecule has 0 aromatic carbocycles. The van der Waals surface area contributed by atoms with E-state index >= 15 is 0 Å². The molecule has 2 aromatic rings. The summed E-state index contributed by atoms with van der Waals surface area (Å²) in [4.78, 5) is 5.66. The molecule has 20 heavy (non-hydrogen) atoms. The monoisotopic (exact) mass is 355 g/mol. The van der Waals surface area contributed by atoms with Crippen molar-refractivity contribution in [2.24, 2.45) is 5.92 Å². The normalized spacial score (nSPS) is 20.2. The molecule has 3 heterocycles. The predicted octanol–water partition coefficient (Wildman–Crippen LogP) is 3.84. The van der Waals surface area contributed by atoms with Crippen LogP contribution in [0.3, 0.4) is 0 Å². The SMILES string of the molecule is CC(C)(c1nc(-c2cc(Br)cs2)no1)C1CCCNC1. The van der Waals surface area contributed by atoms with E-state index in [1.54, 1.807) is 11.3 Å². The van der Waals surface area contributed by atoms with Gasteiger partial charge < -0.3 is 9.84 Å². The van der Waals surface area contributed by atoms with Gasteiger partial charge in [-0.25, -0.2) is 0 Å². The Labute approximate surface area is 131 Å². The Morgan fingerprint density at radius 1 is 1.50 bits per heavy atom. The number of hydrogen-bond donors (Lipinski definition) is 1. The van der Waals surface area contributed by atoms with E-state index in [-0.39, 0.29) is 5.41 Å². The van der Waals surface area contributed by atoms with Gasteiger partial charge in [0.15, 0.2) is 0 Å². The van der Waals surface area contributed by atoms with Gasteiger partial charge in [0.25, 0.3) is 0 Å². The largest absolute Gasteiger partial charge is 0.338 e. The summed E-state index contributed by atoms with van der Waals surface area (Å²) in [6, 6.07) is 2.02. The topological polar surface area (TPSA) is 51.0 Å². The molecule has 0 radical (unpaired) electrons. The van der Waals surface area contributed by atoms with Gasteiger partial charge in [-0.1, -0.05) is 19.0 Å². The fourth-order valence-electron chi connectivity index (χ4n) is 2.66. The summed E-state index contributed by atoms with van der Waals surface area (Å²) >= 11 is 5.07. The first-order valence-corrected chi connectivity index (χ1v) is 8.54. The summed E-state index contributed by atoms with van der Waals surface area (Å²) in [6.45, 7) is 6.54. The molecule has 108 valence electrons. The first-order chi connectivity index (χ1) is 9.57. The summed E-state index contributed by atoms with van der Waals surface area (Å²) in [5.74, 6) is 1.97. The van der Waals surface area contributed by atoms with Gasteiger partial charge in [-0.3, -0.25) is 0 Å². The van der Waals surface area contributed by atoms with Gasteiger partial charge in [0.05, 0.1) is 4.88 Å². The van der Waals surface area contributed by atoms with Crippen LogP contribution in [0.1, 0.15) is 32.6 Å². The summed E-state index contributed by atoms with van der Waals surface area (Å²) < 4.78 is 6.60. The molecule has 0 amide bonds. The highest BCUT2D eigenvalue weighted by atomic mass is 79.9. The Morgan fingerprint density at radius 3 is 3.00 bits per heavy atom. The number of thiophene rings is 1. The Bertz CT molecular complexity index is 587. The van der Waals surface area contributed by atoms with Crippen LogP contribution in [-0.4, -0.2) is 23.2 Å². The highest BCUT2D eigenvalue weighted by molar-refractivity contribution is 9.10. The van der Waals surface area contributed by atoms with E-state index in [9.17, 15) is 0 Å². The first-order valence-electron chi connectivity index (χ1n) is 6.86. The van der Waals surface area contributed by atoms with Crippen molar-refractivity contribution in [3.05, 3.63) is 21.8 Å². The third-order valence-corrected chi connectivity index (χ3v) is 5.77. The number of nitrogens with one attached hydrogen (secondary N) is 1. The Kier molecular flexibility index (Phi) is 3.97. The molecule has 0 aliphatic carbocycles. The van der Waals surface area contributed by atoms with E-state index in [0.717, 1.165) is 28.3 Å². The zero-order valence-electron chi connectivity index (χ0n) is 11.6. The zero-order chi connectivity index (χ0) is 14.2. The summed E-state index contributed by atoms with van der Waals surface area (Å²) in [5, 5.41) is 9.63. The van der Waals surface area contributed by atoms with Crippen molar-refractivity contribution in [3.63, 3.8) is 0 Å². The second kappa shape index (κ2) is 5.58. The molecule has 1 unspecified atom stereocenters. The quantitative estimate of drug-likeness (QED) is 0.908. The molecule has 1 fully saturated rings. The van der Waals surface area contributed by atoms with Crippen molar-refractivity contribution in [2.75, 3.05) is 13.1 Å². The summed E-state index contributed by atoms with van der Waals surface area (Å²) in [7, 11) is 0. The molecule has 1 aliphatic heterocycles. The van der Waals surface area contributed by atoms with Gasteiger partial charge in [0.1, 0.15) is 0 Å². The maximum atomic E-state index is 5.55. The van der Waals surface area contributed by atoms with Crippen LogP contribution in [0.15, 0.2) is 20.4 Å². The van der Waals surface area contributed by atoms with Crippen molar-refractivity contribution in [2.45, 2.75) is 32.1 Å². The van der Waals surface area contributed by atoms with Gasteiger partial charge in [-0.15, -0.1) is 11.3 Å². The minimum Gasteiger partial charge on any atom is -0.338 e. The lowest BCUT2D eigenvalue weighted by molar-refractivity contribution is 0.196. The van der Waals surface area contributed by atoms with E-state index in [4.69, 9.17) is 4.52 Å². The van der Waals surface area contributed by atoms with Crippen molar-refractivity contribution >= 4 is 27.3 Å². The number of piperidine rings is 1. The van der Waals surface area contributed by atoms with Crippen LogP contribution in [0.2, 0.25) is 0 Å². The second-order valence-electron chi connectivity index (χ2n) is 5.82. The van der Waals surface area contributed by atoms with Gasteiger partial charge >= 0.3 is 0 Å². The fourth-order valence-corrected chi connectivity index (χ4v) is 4.01. The molecule has 0 spiro atoms. The van der Waals surface area contributed by atoms with Crippen LogP contribution >= 0.6 is 27.3 Å². The van der Waals surface area contributed by atoms with Gasteiger partial charge in [-0.05, 0) is 53.8 Å². The summed E-state index contributed by atoms with van der Waals surface area (Å²) in [6.07, 6.45) is 2.43. The third-order valence-electron chi connectivity index (χ3n) is 4.08. The molecule has 1 aliphatic rings. The Morgan fingerprint density at radius 2 is 2.35 bits per heavy atom. The molecule has 0 bridgehead atoms. The van der Waals surface area contributed by atoms with Crippen molar-refractivity contribution < 1.29 is 4.52 Å². The lowest BCUT2D eigenvalue weighted by Crippen LogP contribution is -2.40. The van der Waals surface area contributed by atoms with E-state index < -0.39 is 0 Å². The first kappa shape index (κ1) is 14.2. The van der Waals surface area contributed by atoms with Crippen LogP contribution < -0.4 is 5.32 Å². The number of halogens is 1. The van der Waals surface area contributed by atoms with Crippen LogP contribution in [-0.2, 0) is 5.41 Å². The Hall–Kier alpha value is -0.720. The highest BCUT2D eigenvalue weighted by Crippen LogP contribution is 2.36. The molecular weight excluding hydrogens is 338 g/mol. The van der Waals surface area contributed by atoms with Crippen LogP contribution in [0.5, 0.6) is 0 Å². The highest BCUT2D eigenvalue weighted by Gasteiger charge is 2.37. The zero-order valence-corrected chi connectivity index (χ0v) is 14.1. The maximum absolute atomic E-state index is 5.55. The maximum Gasteiger partial charge on any atom is 0.232 e. The average Bonchev–Trinajstić information content (AvgIpc) is 3.08. The van der Waals surface area contributed by atoms with Crippen molar-refractivity contribution in [1.29, 1.82) is 0 Å². The molecule has 1 atom stereocenters. The fraction of sp³-hybridized carbons (Fsp3) is 0.571. The number of aromatic nitrogens is 2. The minimum absolute atomic E-state index is 0.0901. The second-order valence-corrected chi connectivity index (χ2v) is 7.64. The van der Waals surface area contributed by atoms with Crippen LogP contribution in [0.4, 0.5) is 0 Å². The van der Waals surface area contributed by atoms with E-state index in [0.29, 0.717) is 11.7 Å².